The summed E-state index contributed by atoms with van der Waals surface area (Å²) in [5.74, 6) is -0.219. The minimum absolute atomic E-state index is 0.229. The van der Waals surface area contributed by atoms with Crippen molar-refractivity contribution in [2.24, 2.45) is 4.99 Å². The van der Waals surface area contributed by atoms with Crippen LogP contribution in [-0.2, 0) is 9.59 Å². The van der Waals surface area contributed by atoms with Crippen molar-refractivity contribution >= 4 is 40.6 Å². The number of benzodiazepines with no additional fused rings is 1. The molecule has 0 saturated heterocycles. The normalized spacial score (nSPS) is 14.6. The summed E-state index contributed by atoms with van der Waals surface area (Å²) in [6.07, 6.45) is -0.705. The van der Waals surface area contributed by atoms with Crippen LogP contribution in [0, 0.1) is 0 Å². The lowest BCUT2D eigenvalue weighted by Gasteiger charge is -2.27. The molecule has 0 aliphatic carbocycles. The highest BCUT2D eigenvalue weighted by Gasteiger charge is 2.34. The second kappa shape index (κ2) is 12.9. The van der Waals surface area contributed by atoms with Gasteiger partial charge in [0.1, 0.15) is 12.3 Å². The number of fused-ring (bicyclic) bond motifs is 1. The van der Waals surface area contributed by atoms with Gasteiger partial charge in [0.25, 0.3) is 5.91 Å². The maximum Gasteiger partial charge on any atom is 0.321 e. The van der Waals surface area contributed by atoms with Crippen molar-refractivity contribution in [2.45, 2.75) is 12.6 Å². The summed E-state index contributed by atoms with van der Waals surface area (Å²) in [5.41, 5.74) is 3.17. The Kier molecular flexibility index (Phi) is 9.13. The van der Waals surface area contributed by atoms with Crippen LogP contribution >= 0.6 is 0 Å². The largest absolute Gasteiger partial charge is 0.497 e. The van der Waals surface area contributed by atoms with Crippen LogP contribution < -0.4 is 25.2 Å². The first-order valence-corrected chi connectivity index (χ1v) is 12.9. The van der Waals surface area contributed by atoms with Gasteiger partial charge in [-0.25, -0.2) is 4.79 Å². The fourth-order valence-electron chi connectivity index (χ4n) is 4.31. The van der Waals surface area contributed by atoms with Gasteiger partial charge >= 0.3 is 6.03 Å². The molecule has 0 fully saturated rings. The van der Waals surface area contributed by atoms with Crippen LogP contribution in [0.2, 0.25) is 0 Å². The summed E-state index contributed by atoms with van der Waals surface area (Å²) >= 11 is 0. The van der Waals surface area contributed by atoms with E-state index in [2.05, 4.69) is 10.6 Å². The molecule has 0 radical (unpaired) electrons. The smallest absolute Gasteiger partial charge is 0.321 e. The lowest BCUT2D eigenvalue weighted by atomic mass is 10.0. The average molecular weight is 543 g/mol. The van der Waals surface area contributed by atoms with Crippen LogP contribution in [0.15, 0.2) is 83.9 Å². The summed E-state index contributed by atoms with van der Waals surface area (Å²) in [6, 6.07) is 22.9. The molecule has 1 aliphatic rings. The second-order valence-electron chi connectivity index (χ2n) is 9.59. The molecule has 4 rings (SSSR count). The number of carbonyl (C=O) groups excluding carboxylic acids is 3. The summed E-state index contributed by atoms with van der Waals surface area (Å²) in [4.78, 5) is 50.0. The van der Waals surface area contributed by atoms with Crippen molar-refractivity contribution in [3.05, 3.63) is 84.4 Å². The summed E-state index contributed by atoms with van der Waals surface area (Å²) in [7, 11) is 7.12. The Balaban J connectivity index is 1.65. The van der Waals surface area contributed by atoms with Crippen LogP contribution in [-0.4, -0.2) is 76.0 Å². The molecule has 0 bridgehead atoms. The van der Waals surface area contributed by atoms with Gasteiger partial charge in [-0.05, 0) is 44.4 Å². The van der Waals surface area contributed by atoms with Gasteiger partial charge < -0.3 is 25.2 Å². The number of carbonyl (C=O) groups is 3. The number of urea groups is 1. The molecule has 1 aliphatic heterocycles. The topological polar surface area (TPSA) is 107 Å². The molecule has 0 aromatic heterocycles. The van der Waals surface area contributed by atoms with Crippen molar-refractivity contribution in [1.29, 1.82) is 0 Å². The zero-order chi connectivity index (χ0) is 28.6. The molecular weight excluding hydrogens is 508 g/mol. The van der Waals surface area contributed by atoms with E-state index in [0.717, 1.165) is 5.56 Å². The fourth-order valence-corrected chi connectivity index (χ4v) is 4.31. The number of ether oxygens (including phenoxy) is 1. The third-order valence-electron chi connectivity index (χ3n) is 6.49. The Labute approximate surface area is 234 Å². The number of amides is 4. The molecule has 2 N–H and O–H groups in total. The summed E-state index contributed by atoms with van der Waals surface area (Å²) < 4.78 is 5.22. The van der Waals surface area contributed by atoms with E-state index in [9.17, 15) is 14.4 Å². The molecule has 4 amide bonds. The van der Waals surface area contributed by atoms with Gasteiger partial charge in [0.15, 0.2) is 0 Å². The lowest BCUT2D eigenvalue weighted by Crippen LogP contribution is -2.51. The number of rotatable bonds is 9. The van der Waals surface area contributed by atoms with E-state index < -0.39 is 18.1 Å². The highest BCUT2D eigenvalue weighted by atomic mass is 16.5. The maximum absolute atomic E-state index is 14.0. The first kappa shape index (κ1) is 28.3. The monoisotopic (exact) mass is 542 g/mol. The first-order valence-electron chi connectivity index (χ1n) is 12.9. The lowest BCUT2D eigenvalue weighted by molar-refractivity contribution is -0.123. The van der Waals surface area contributed by atoms with Gasteiger partial charge in [-0.15, -0.1) is 0 Å². The molecular formula is C30H34N6O4. The summed E-state index contributed by atoms with van der Waals surface area (Å²) in [5, 5.41) is 5.44. The molecule has 40 heavy (non-hydrogen) atoms. The average Bonchev–Trinajstić information content (AvgIpc) is 3.06. The van der Waals surface area contributed by atoms with Crippen LogP contribution in [0.5, 0.6) is 5.75 Å². The van der Waals surface area contributed by atoms with Crippen molar-refractivity contribution < 1.29 is 19.1 Å². The number of likely N-dealkylation sites (N-methyl/N-ethyl adjacent to an activating group) is 1. The predicted molar refractivity (Wildman–Crippen MR) is 157 cm³/mol. The summed E-state index contributed by atoms with van der Waals surface area (Å²) in [6.45, 7) is 0.452. The number of hydrogen-bond acceptors (Lipinski definition) is 6. The van der Waals surface area contributed by atoms with Crippen LogP contribution in [0.25, 0.3) is 0 Å². The number of anilines is 3. The Morgan fingerprint density at radius 2 is 1.70 bits per heavy atom. The number of hydrogen-bond donors (Lipinski definition) is 2. The van der Waals surface area contributed by atoms with Crippen LogP contribution in [0.4, 0.5) is 21.9 Å². The van der Waals surface area contributed by atoms with Gasteiger partial charge in [-0.1, -0.05) is 42.5 Å². The first-order chi connectivity index (χ1) is 19.3. The Hall–Kier alpha value is -4.70. The highest BCUT2D eigenvalue weighted by Crippen LogP contribution is 2.27. The Morgan fingerprint density at radius 1 is 0.975 bits per heavy atom. The molecule has 208 valence electrons. The van der Waals surface area contributed by atoms with Crippen LogP contribution in [0.1, 0.15) is 12.0 Å². The maximum atomic E-state index is 14.0. The second-order valence-corrected chi connectivity index (χ2v) is 9.59. The van der Waals surface area contributed by atoms with Gasteiger partial charge in [0.05, 0.1) is 12.8 Å². The van der Waals surface area contributed by atoms with E-state index in [0.29, 0.717) is 41.5 Å². The fraction of sp³-hybridized carbons (Fsp3) is 0.267. The minimum atomic E-state index is -1.25. The number of nitrogens with one attached hydrogen (secondary N) is 2. The number of aliphatic imine (C=N–C) groups is 1. The minimum Gasteiger partial charge on any atom is -0.497 e. The molecule has 0 spiro atoms. The number of para-hydroxylation sites is 2. The van der Waals surface area contributed by atoms with Gasteiger partial charge in [0, 0.05) is 48.7 Å². The van der Waals surface area contributed by atoms with Crippen molar-refractivity contribution in [3.63, 3.8) is 0 Å². The molecule has 1 atom stereocenters. The van der Waals surface area contributed by atoms with E-state index in [1.54, 1.807) is 37.4 Å². The van der Waals surface area contributed by atoms with Crippen molar-refractivity contribution in [3.8, 4) is 5.75 Å². The molecule has 3 aromatic carbocycles. The molecule has 10 heteroatoms. The third kappa shape index (κ3) is 6.83. The van der Waals surface area contributed by atoms with E-state index in [-0.39, 0.29) is 12.5 Å². The standard InChI is InChI=1S/C30H34N6O4/c1-34(2)18-17-25-24-15-8-9-16-26(24)36(20-27(37)35(3)22-12-6-5-7-13-22)29(38)28(32-25)33-30(39)31-21-11-10-14-23(19-21)40-4/h5-16,19,28H,17-18,20H2,1-4H3,(H2,31,33,39). The highest BCUT2D eigenvalue weighted by molar-refractivity contribution is 6.15. The SMILES string of the molecule is COc1cccc(NC(=O)NC2N=C(CCN(C)C)c3ccccc3N(CC(=O)N(C)c3ccccc3)C2=O)c1. The van der Waals surface area contributed by atoms with Crippen LogP contribution in [0.3, 0.4) is 0 Å². The quantitative estimate of drug-likeness (QED) is 0.430. The third-order valence-corrected chi connectivity index (χ3v) is 6.49. The predicted octanol–water partition coefficient (Wildman–Crippen LogP) is 3.59. The Morgan fingerprint density at radius 3 is 2.42 bits per heavy atom. The van der Waals surface area contributed by atoms with Gasteiger partial charge in [-0.2, -0.15) is 0 Å². The number of benzene rings is 3. The zero-order valence-corrected chi connectivity index (χ0v) is 23.1. The van der Waals surface area contributed by atoms with Gasteiger partial charge in [-0.3, -0.25) is 19.5 Å². The Bertz CT molecular complexity index is 1390. The van der Waals surface area contributed by atoms with E-state index in [1.807, 2.05) is 67.5 Å². The molecule has 0 saturated carbocycles. The van der Waals surface area contributed by atoms with Gasteiger partial charge in [0.2, 0.25) is 12.1 Å². The van der Waals surface area contributed by atoms with Crippen molar-refractivity contribution in [2.75, 3.05) is 56.5 Å². The zero-order valence-electron chi connectivity index (χ0n) is 23.1. The van der Waals surface area contributed by atoms with E-state index >= 15 is 0 Å². The molecule has 3 aromatic rings. The number of methoxy groups -OCH3 is 1. The van der Waals surface area contributed by atoms with Crippen molar-refractivity contribution in [1.82, 2.24) is 10.2 Å². The molecule has 10 nitrogen and oxygen atoms in total. The number of nitrogens with zero attached hydrogens (tertiary/aromatic N) is 4. The van der Waals surface area contributed by atoms with E-state index in [4.69, 9.17) is 9.73 Å². The molecule has 1 unspecified atom stereocenters. The molecule has 1 heterocycles. The van der Waals surface area contributed by atoms with E-state index in [1.165, 1.54) is 16.9 Å².